The highest BCUT2D eigenvalue weighted by atomic mass is 32.2. The minimum absolute atomic E-state index is 0.00891. The van der Waals surface area contributed by atoms with Crippen LogP contribution in [0.5, 0.6) is 5.75 Å². The highest BCUT2D eigenvalue weighted by Crippen LogP contribution is 2.26. The average Bonchev–Trinajstić information content (AvgIpc) is 2.58. The number of carbonyl (C=O) groups is 2. The zero-order valence-electron chi connectivity index (χ0n) is 15.7. The Bertz CT molecular complexity index is 781. The standard InChI is InChI=1S/C21H25NO3S/c1-21(2,3)13-20(24)22-15-8-7-9-16(12-15)26-14-18(23)17-10-5-6-11-19(17)25-4/h5-12H,13-14H2,1-4H3,(H,22,24). The molecule has 0 bridgehead atoms. The highest BCUT2D eigenvalue weighted by molar-refractivity contribution is 8.00. The summed E-state index contributed by atoms with van der Waals surface area (Å²) in [6, 6.07) is 14.8. The second-order valence-electron chi connectivity index (χ2n) is 7.23. The van der Waals surface area contributed by atoms with Gasteiger partial charge in [-0.15, -0.1) is 11.8 Å². The second kappa shape index (κ2) is 8.90. The van der Waals surface area contributed by atoms with Gasteiger partial charge in [-0.2, -0.15) is 0 Å². The molecule has 1 amide bonds. The van der Waals surface area contributed by atoms with E-state index in [1.807, 2.05) is 57.2 Å². The normalized spacial score (nSPS) is 11.1. The zero-order valence-corrected chi connectivity index (χ0v) is 16.5. The van der Waals surface area contributed by atoms with E-state index in [-0.39, 0.29) is 17.1 Å². The number of nitrogens with one attached hydrogen (secondary N) is 1. The van der Waals surface area contributed by atoms with Crippen molar-refractivity contribution in [3.05, 3.63) is 54.1 Å². The molecule has 0 aromatic heterocycles. The van der Waals surface area contributed by atoms with Crippen LogP contribution in [0.3, 0.4) is 0 Å². The number of ether oxygens (including phenoxy) is 1. The molecule has 4 nitrogen and oxygen atoms in total. The Morgan fingerprint density at radius 3 is 2.50 bits per heavy atom. The summed E-state index contributed by atoms with van der Waals surface area (Å²) in [7, 11) is 1.56. The number of hydrogen-bond donors (Lipinski definition) is 1. The molecule has 2 aromatic rings. The Hall–Kier alpha value is -2.27. The Labute approximate surface area is 159 Å². The third-order valence-electron chi connectivity index (χ3n) is 3.59. The van der Waals surface area contributed by atoms with E-state index >= 15 is 0 Å². The minimum atomic E-state index is -0.0579. The summed E-state index contributed by atoms with van der Waals surface area (Å²) in [5.74, 6) is 0.889. The molecule has 0 spiro atoms. The number of carbonyl (C=O) groups excluding carboxylic acids is 2. The zero-order chi connectivity index (χ0) is 19.2. The SMILES string of the molecule is COc1ccccc1C(=O)CSc1cccc(NC(=O)CC(C)(C)C)c1. The van der Waals surface area contributed by atoms with Gasteiger partial charge in [0.1, 0.15) is 5.75 Å². The van der Waals surface area contributed by atoms with E-state index in [4.69, 9.17) is 4.74 Å². The van der Waals surface area contributed by atoms with E-state index < -0.39 is 0 Å². The molecular weight excluding hydrogens is 346 g/mol. The van der Waals surface area contributed by atoms with E-state index in [0.717, 1.165) is 10.6 Å². The van der Waals surface area contributed by atoms with Crippen LogP contribution in [0.4, 0.5) is 5.69 Å². The molecule has 0 radical (unpaired) electrons. The van der Waals surface area contributed by atoms with Crippen molar-refractivity contribution in [3.63, 3.8) is 0 Å². The summed E-state index contributed by atoms with van der Waals surface area (Å²) in [6.07, 6.45) is 0.455. The van der Waals surface area contributed by atoms with Crippen LogP contribution in [-0.4, -0.2) is 24.6 Å². The first-order chi connectivity index (χ1) is 12.3. The van der Waals surface area contributed by atoms with Gasteiger partial charge in [0.05, 0.1) is 18.4 Å². The van der Waals surface area contributed by atoms with Crippen molar-refractivity contribution in [3.8, 4) is 5.75 Å². The minimum Gasteiger partial charge on any atom is -0.496 e. The first-order valence-electron chi connectivity index (χ1n) is 8.47. The molecule has 0 unspecified atom stereocenters. The van der Waals surface area contributed by atoms with Crippen molar-refractivity contribution in [2.75, 3.05) is 18.2 Å². The fraction of sp³-hybridized carbons (Fsp3) is 0.333. The molecule has 0 heterocycles. The van der Waals surface area contributed by atoms with Crippen molar-refractivity contribution in [1.82, 2.24) is 0 Å². The highest BCUT2D eigenvalue weighted by Gasteiger charge is 2.16. The van der Waals surface area contributed by atoms with Crippen LogP contribution in [0.1, 0.15) is 37.6 Å². The smallest absolute Gasteiger partial charge is 0.224 e. The van der Waals surface area contributed by atoms with Gasteiger partial charge in [-0.25, -0.2) is 0 Å². The number of amides is 1. The van der Waals surface area contributed by atoms with Crippen LogP contribution >= 0.6 is 11.8 Å². The van der Waals surface area contributed by atoms with E-state index in [2.05, 4.69) is 5.32 Å². The lowest BCUT2D eigenvalue weighted by molar-refractivity contribution is -0.117. The number of Topliss-reactive ketones (excluding diaryl/α,β-unsaturated/α-hetero) is 1. The van der Waals surface area contributed by atoms with Crippen LogP contribution < -0.4 is 10.1 Å². The maximum atomic E-state index is 12.4. The molecular formula is C21H25NO3S. The van der Waals surface area contributed by atoms with Crippen molar-refractivity contribution in [1.29, 1.82) is 0 Å². The molecule has 1 N–H and O–H groups in total. The van der Waals surface area contributed by atoms with Crippen LogP contribution in [0.2, 0.25) is 0 Å². The fourth-order valence-electron chi connectivity index (χ4n) is 2.45. The summed E-state index contributed by atoms with van der Waals surface area (Å²) in [5.41, 5.74) is 1.27. The number of methoxy groups -OCH3 is 1. The van der Waals surface area contributed by atoms with Crippen LogP contribution in [-0.2, 0) is 4.79 Å². The lowest BCUT2D eigenvalue weighted by Crippen LogP contribution is -2.19. The second-order valence-corrected chi connectivity index (χ2v) is 8.27. The fourth-order valence-corrected chi connectivity index (χ4v) is 3.29. The van der Waals surface area contributed by atoms with Crippen LogP contribution in [0.15, 0.2) is 53.4 Å². The number of rotatable bonds is 7. The first-order valence-corrected chi connectivity index (χ1v) is 9.46. The van der Waals surface area contributed by atoms with Gasteiger partial charge in [0.15, 0.2) is 5.78 Å². The average molecular weight is 372 g/mol. The topological polar surface area (TPSA) is 55.4 Å². The molecule has 138 valence electrons. The summed E-state index contributed by atoms with van der Waals surface area (Å²) in [6.45, 7) is 6.09. The van der Waals surface area contributed by atoms with Gasteiger partial charge in [0.25, 0.3) is 0 Å². The van der Waals surface area contributed by atoms with Crippen molar-refractivity contribution in [2.45, 2.75) is 32.1 Å². The molecule has 0 fully saturated rings. The first kappa shape index (κ1) is 20.0. The van der Waals surface area contributed by atoms with E-state index in [9.17, 15) is 9.59 Å². The van der Waals surface area contributed by atoms with E-state index in [1.165, 1.54) is 11.8 Å². The largest absolute Gasteiger partial charge is 0.496 e. The number of ketones is 1. The molecule has 0 aliphatic heterocycles. The Morgan fingerprint density at radius 1 is 1.08 bits per heavy atom. The lowest BCUT2D eigenvalue weighted by Gasteiger charge is -2.17. The Morgan fingerprint density at radius 2 is 1.81 bits per heavy atom. The molecule has 0 aliphatic carbocycles. The van der Waals surface area contributed by atoms with Crippen LogP contribution in [0.25, 0.3) is 0 Å². The molecule has 0 saturated heterocycles. The number of hydrogen-bond acceptors (Lipinski definition) is 4. The molecule has 0 saturated carbocycles. The number of benzene rings is 2. The third-order valence-corrected chi connectivity index (χ3v) is 4.58. The summed E-state index contributed by atoms with van der Waals surface area (Å²) < 4.78 is 5.24. The van der Waals surface area contributed by atoms with Gasteiger partial charge in [-0.1, -0.05) is 39.0 Å². The van der Waals surface area contributed by atoms with Gasteiger partial charge < -0.3 is 10.1 Å². The van der Waals surface area contributed by atoms with Crippen molar-refractivity contribution < 1.29 is 14.3 Å². The molecule has 26 heavy (non-hydrogen) atoms. The summed E-state index contributed by atoms with van der Waals surface area (Å²) >= 11 is 1.44. The predicted molar refractivity (Wildman–Crippen MR) is 107 cm³/mol. The number of para-hydroxylation sites is 1. The molecule has 0 atom stereocenters. The Kier molecular flexibility index (Phi) is 6.86. The molecule has 2 rings (SSSR count). The maximum Gasteiger partial charge on any atom is 0.224 e. The molecule has 5 heteroatoms. The van der Waals surface area contributed by atoms with Gasteiger partial charge in [0.2, 0.25) is 5.91 Å². The monoisotopic (exact) mass is 371 g/mol. The number of anilines is 1. The summed E-state index contributed by atoms with van der Waals surface area (Å²) in [5, 5.41) is 2.92. The van der Waals surface area contributed by atoms with Gasteiger partial charge in [-0.05, 0) is 35.7 Å². The summed E-state index contributed by atoms with van der Waals surface area (Å²) in [4.78, 5) is 25.5. The van der Waals surface area contributed by atoms with Crippen molar-refractivity contribution >= 4 is 29.1 Å². The quantitative estimate of drug-likeness (QED) is 0.547. The van der Waals surface area contributed by atoms with Gasteiger partial charge in [-0.3, -0.25) is 9.59 Å². The molecule has 0 aliphatic rings. The van der Waals surface area contributed by atoms with Crippen molar-refractivity contribution in [2.24, 2.45) is 5.41 Å². The molecule has 2 aromatic carbocycles. The Balaban J connectivity index is 1.98. The lowest BCUT2D eigenvalue weighted by atomic mass is 9.92. The van der Waals surface area contributed by atoms with Gasteiger partial charge in [0, 0.05) is 17.0 Å². The number of thioether (sulfide) groups is 1. The maximum absolute atomic E-state index is 12.4. The van der Waals surface area contributed by atoms with Crippen LogP contribution in [0, 0.1) is 5.41 Å². The third kappa shape index (κ3) is 6.23. The van der Waals surface area contributed by atoms with E-state index in [0.29, 0.717) is 23.5 Å². The predicted octanol–water partition coefficient (Wildman–Crippen LogP) is 5.04. The van der Waals surface area contributed by atoms with E-state index in [1.54, 1.807) is 19.2 Å². The van der Waals surface area contributed by atoms with Gasteiger partial charge >= 0.3 is 0 Å².